The number of aromatic nitrogens is 1. The lowest BCUT2D eigenvalue weighted by molar-refractivity contribution is -0.138. The summed E-state index contributed by atoms with van der Waals surface area (Å²) in [5.41, 5.74) is 0. The van der Waals surface area contributed by atoms with E-state index in [9.17, 15) is 4.79 Å². The van der Waals surface area contributed by atoms with Crippen molar-refractivity contribution in [2.45, 2.75) is 12.5 Å². The van der Waals surface area contributed by atoms with E-state index in [1.54, 1.807) is 0 Å². The quantitative estimate of drug-likeness (QED) is 0.915. The van der Waals surface area contributed by atoms with E-state index < -0.39 is 5.97 Å². The summed E-state index contributed by atoms with van der Waals surface area (Å²) in [5, 5.41) is 11.4. The molecule has 1 N–H and O–H groups in total. The second kappa shape index (κ2) is 4.86. The van der Waals surface area contributed by atoms with Gasteiger partial charge in [-0.2, -0.15) is 0 Å². The molecule has 78 valence electrons. The SMILES string of the molecule is CN(C)C(CC(=O)O)c1nc(Br)cs1. The molecule has 1 aromatic heterocycles. The minimum atomic E-state index is -0.810. The third-order valence-corrected chi connectivity index (χ3v) is 3.43. The number of hydrogen-bond acceptors (Lipinski definition) is 4. The van der Waals surface area contributed by atoms with Gasteiger partial charge in [-0.3, -0.25) is 9.69 Å². The van der Waals surface area contributed by atoms with Gasteiger partial charge in [-0.05, 0) is 30.0 Å². The van der Waals surface area contributed by atoms with Gasteiger partial charge in [-0.1, -0.05) is 0 Å². The molecule has 1 heterocycles. The molecule has 1 rings (SSSR count). The van der Waals surface area contributed by atoms with Gasteiger partial charge in [0.1, 0.15) is 9.61 Å². The van der Waals surface area contributed by atoms with Gasteiger partial charge in [-0.25, -0.2) is 4.98 Å². The highest BCUT2D eigenvalue weighted by atomic mass is 79.9. The molecule has 0 aliphatic rings. The van der Waals surface area contributed by atoms with Crippen LogP contribution in [-0.2, 0) is 4.79 Å². The molecule has 0 amide bonds. The molecule has 0 aromatic carbocycles. The van der Waals surface area contributed by atoms with Crippen molar-refractivity contribution in [3.63, 3.8) is 0 Å². The average molecular weight is 279 g/mol. The van der Waals surface area contributed by atoms with Crippen molar-refractivity contribution in [3.8, 4) is 0 Å². The smallest absolute Gasteiger partial charge is 0.305 e. The molecule has 1 aromatic rings. The molecule has 0 saturated carbocycles. The number of hydrogen-bond donors (Lipinski definition) is 1. The predicted molar refractivity (Wildman–Crippen MR) is 58.5 cm³/mol. The molecule has 0 aliphatic carbocycles. The maximum absolute atomic E-state index is 10.6. The fourth-order valence-electron chi connectivity index (χ4n) is 1.08. The largest absolute Gasteiger partial charge is 0.481 e. The van der Waals surface area contributed by atoms with Crippen molar-refractivity contribution in [2.24, 2.45) is 0 Å². The molecule has 0 bridgehead atoms. The van der Waals surface area contributed by atoms with Gasteiger partial charge >= 0.3 is 5.97 Å². The minimum Gasteiger partial charge on any atom is -0.481 e. The number of carboxylic acids is 1. The summed E-state index contributed by atoms with van der Waals surface area (Å²) < 4.78 is 0.759. The Morgan fingerprint density at radius 1 is 1.79 bits per heavy atom. The molecule has 4 nitrogen and oxygen atoms in total. The number of rotatable bonds is 4. The van der Waals surface area contributed by atoms with Crippen molar-refractivity contribution >= 4 is 33.2 Å². The Morgan fingerprint density at radius 2 is 2.43 bits per heavy atom. The number of nitrogens with zero attached hydrogens (tertiary/aromatic N) is 2. The second-order valence-electron chi connectivity index (χ2n) is 3.09. The fourth-order valence-corrected chi connectivity index (χ4v) is 2.54. The third kappa shape index (κ3) is 3.04. The van der Waals surface area contributed by atoms with E-state index in [1.807, 2.05) is 24.4 Å². The summed E-state index contributed by atoms with van der Waals surface area (Å²) >= 11 is 4.71. The van der Waals surface area contributed by atoms with Crippen LogP contribution in [0.1, 0.15) is 17.5 Å². The van der Waals surface area contributed by atoms with Crippen molar-refractivity contribution in [1.29, 1.82) is 0 Å². The van der Waals surface area contributed by atoms with E-state index in [2.05, 4.69) is 20.9 Å². The number of carbonyl (C=O) groups is 1. The zero-order chi connectivity index (χ0) is 10.7. The lowest BCUT2D eigenvalue weighted by Gasteiger charge is -2.19. The van der Waals surface area contributed by atoms with Crippen molar-refractivity contribution < 1.29 is 9.90 Å². The van der Waals surface area contributed by atoms with E-state index >= 15 is 0 Å². The first kappa shape index (κ1) is 11.6. The molecular formula is C8H11BrN2O2S. The van der Waals surface area contributed by atoms with Crippen molar-refractivity contribution in [2.75, 3.05) is 14.1 Å². The maximum atomic E-state index is 10.6. The summed E-state index contributed by atoms with van der Waals surface area (Å²) in [5.74, 6) is -0.810. The van der Waals surface area contributed by atoms with Gasteiger partial charge < -0.3 is 5.11 Å². The van der Waals surface area contributed by atoms with Crippen LogP contribution in [0.15, 0.2) is 9.98 Å². The van der Waals surface area contributed by atoms with E-state index in [4.69, 9.17) is 5.11 Å². The molecule has 6 heteroatoms. The topological polar surface area (TPSA) is 53.4 Å². The number of carboxylic acid groups (broad SMARTS) is 1. The van der Waals surface area contributed by atoms with Crippen molar-refractivity contribution in [1.82, 2.24) is 9.88 Å². The summed E-state index contributed by atoms with van der Waals surface area (Å²) in [6.07, 6.45) is 0.0763. The highest BCUT2D eigenvalue weighted by Gasteiger charge is 2.20. The van der Waals surface area contributed by atoms with Crippen LogP contribution in [0.2, 0.25) is 0 Å². The summed E-state index contributed by atoms with van der Waals surface area (Å²) in [6, 6.07) is -0.149. The first-order chi connectivity index (χ1) is 6.50. The zero-order valence-corrected chi connectivity index (χ0v) is 10.3. The van der Waals surface area contributed by atoms with E-state index in [0.717, 1.165) is 9.61 Å². The molecule has 1 unspecified atom stereocenters. The van der Waals surface area contributed by atoms with Crippen LogP contribution in [0.3, 0.4) is 0 Å². The molecule has 0 fully saturated rings. The van der Waals surface area contributed by atoms with E-state index in [0.29, 0.717) is 0 Å². The average Bonchev–Trinajstić information content (AvgIpc) is 2.46. The highest BCUT2D eigenvalue weighted by Crippen LogP contribution is 2.26. The molecule has 0 spiro atoms. The van der Waals surface area contributed by atoms with Crippen LogP contribution >= 0.6 is 27.3 Å². The van der Waals surface area contributed by atoms with Gasteiger partial charge in [0.2, 0.25) is 0 Å². The monoisotopic (exact) mass is 278 g/mol. The van der Waals surface area contributed by atoms with Gasteiger partial charge in [0.15, 0.2) is 0 Å². The van der Waals surface area contributed by atoms with Crippen molar-refractivity contribution in [3.05, 3.63) is 15.0 Å². The van der Waals surface area contributed by atoms with Gasteiger partial charge in [0.05, 0.1) is 12.5 Å². The Labute approximate surface area is 94.7 Å². The van der Waals surface area contributed by atoms with Crippen LogP contribution in [0.25, 0.3) is 0 Å². The van der Waals surface area contributed by atoms with Gasteiger partial charge in [0, 0.05) is 5.38 Å². The Hall–Kier alpha value is -0.460. The zero-order valence-electron chi connectivity index (χ0n) is 7.90. The maximum Gasteiger partial charge on any atom is 0.305 e. The highest BCUT2D eigenvalue weighted by molar-refractivity contribution is 9.10. The third-order valence-electron chi connectivity index (χ3n) is 1.77. The molecular weight excluding hydrogens is 268 g/mol. The number of thiazole rings is 1. The van der Waals surface area contributed by atoms with E-state index in [1.165, 1.54) is 11.3 Å². The number of aliphatic carboxylic acids is 1. The van der Waals surface area contributed by atoms with Crippen LogP contribution in [0, 0.1) is 0 Å². The van der Waals surface area contributed by atoms with E-state index in [-0.39, 0.29) is 12.5 Å². The molecule has 14 heavy (non-hydrogen) atoms. The first-order valence-electron chi connectivity index (χ1n) is 4.00. The second-order valence-corrected chi connectivity index (χ2v) is 4.79. The predicted octanol–water partition coefficient (Wildman–Crippen LogP) is 1.98. The fraction of sp³-hybridized carbons (Fsp3) is 0.500. The molecule has 0 aliphatic heterocycles. The minimum absolute atomic E-state index is 0.0763. The Balaban J connectivity index is 2.82. The number of halogens is 1. The lowest BCUT2D eigenvalue weighted by atomic mass is 10.2. The first-order valence-corrected chi connectivity index (χ1v) is 5.67. The van der Waals surface area contributed by atoms with Crippen LogP contribution in [-0.4, -0.2) is 35.1 Å². The molecule has 0 saturated heterocycles. The lowest BCUT2D eigenvalue weighted by Crippen LogP contribution is -2.22. The standard InChI is InChI=1S/C8H11BrN2O2S/c1-11(2)5(3-7(12)13)8-10-6(9)4-14-8/h4-5H,3H2,1-2H3,(H,12,13). The summed E-state index contributed by atoms with van der Waals surface area (Å²) in [7, 11) is 3.70. The Kier molecular flexibility index (Phi) is 4.03. The Bertz CT molecular complexity index is 327. The summed E-state index contributed by atoms with van der Waals surface area (Å²) in [4.78, 5) is 16.7. The van der Waals surface area contributed by atoms with Crippen LogP contribution < -0.4 is 0 Å². The normalized spacial score (nSPS) is 13.1. The molecule has 0 radical (unpaired) electrons. The van der Waals surface area contributed by atoms with Crippen LogP contribution in [0.4, 0.5) is 0 Å². The van der Waals surface area contributed by atoms with Gasteiger partial charge in [-0.15, -0.1) is 11.3 Å². The Morgan fingerprint density at radius 3 is 2.79 bits per heavy atom. The van der Waals surface area contributed by atoms with Crippen LogP contribution in [0.5, 0.6) is 0 Å². The molecule has 1 atom stereocenters. The summed E-state index contributed by atoms with van der Waals surface area (Å²) in [6.45, 7) is 0. The van der Waals surface area contributed by atoms with Gasteiger partial charge in [0.25, 0.3) is 0 Å².